The molecule has 0 bridgehead atoms. The van der Waals surface area contributed by atoms with Gasteiger partial charge in [0.1, 0.15) is 11.5 Å². The summed E-state index contributed by atoms with van der Waals surface area (Å²) in [6, 6.07) is 3.58. The zero-order chi connectivity index (χ0) is 14.2. The summed E-state index contributed by atoms with van der Waals surface area (Å²) < 4.78 is 0. The fourth-order valence-electron chi connectivity index (χ4n) is 1.82. The molecule has 2 aromatic rings. The first-order chi connectivity index (χ1) is 9.79. The van der Waals surface area contributed by atoms with E-state index in [1.807, 2.05) is 13.0 Å². The van der Waals surface area contributed by atoms with Gasteiger partial charge < -0.3 is 15.6 Å². The lowest BCUT2D eigenvalue weighted by Crippen LogP contribution is -2.25. The summed E-state index contributed by atoms with van der Waals surface area (Å²) in [5.41, 5.74) is 1.35. The standard InChI is InChI=1S/C14H19N5O/c1-2-15-11-5-6-12(19-10-11)14(20)18-7-3-4-13-16-8-9-17-13/h5-6,8-10,15H,2-4,7H2,1H3,(H,16,17)(H,18,20). The maximum Gasteiger partial charge on any atom is 0.269 e. The number of hydrogen-bond donors (Lipinski definition) is 3. The van der Waals surface area contributed by atoms with Crippen LogP contribution in [0.5, 0.6) is 0 Å². The Morgan fingerprint density at radius 2 is 2.25 bits per heavy atom. The van der Waals surface area contributed by atoms with Gasteiger partial charge in [0.15, 0.2) is 0 Å². The Balaban J connectivity index is 1.73. The molecule has 0 radical (unpaired) electrons. The van der Waals surface area contributed by atoms with Gasteiger partial charge in [0, 0.05) is 31.9 Å². The van der Waals surface area contributed by atoms with Gasteiger partial charge in [0.2, 0.25) is 0 Å². The van der Waals surface area contributed by atoms with E-state index in [4.69, 9.17) is 0 Å². The van der Waals surface area contributed by atoms with Gasteiger partial charge in [0.25, 0.3) is 5.91 Å². The minimum atomic E-state index is -0.146. The van der Waals surface area contributed by atoms with E-state index in [-0.39, 0.29) is 5.91 Å². The summed E-state index contributed by atoms with van der Waals surface area (Å²) in [7, 11) is 0. The monoisotopic (exact) mass is 273 g/mol. The van der Waals surface area contributed by atoms with E-state index in [1.54, 1.807) is 24.7 Å². The molecule has 2 rings (SSSR count). The molecule has 2 heterocycles. The Hall–Kier alpha value is -2.37. The Morgan fingerprint density at radius 1 is 1.35 bits per heavy atom. The van der Waals surface area contributed by atoms with Crippen LogP contribution in [-0.4, -0.2) is 33.9 Å². The van der Waals surface area contributed by atoms with Crippen molar-refractivity contribution in [2.45, 2.75) is 19.8 Å². The molecule has 0 aliphatic heterocycles. The van der Waals surface area contributed by atoms with Crippen molar-refractivity contribution in [3.8, 4) is 0 Å². The second-order valence-corrected chi connectivity index (χ2v) is 4.36. The van der Waals surface area contributed by atoms with Crippen LogP contribution < -0.4 is 10.6 Å². The number of pyridine rings is 1. The Labute approximate surface area is 118 Å². The van der Waals surface area contributed by atoms with E-state index >= 15 is 0 Å². The van der Waals surface area contributed by atoms with Crippen LogP contribution in [0.15, 0.2) is 30.7 Å². The Bertz CT molecular complexity index is 521. The second-order valence-electron chi connectivity index (χ2n) is 4.36. The third kappa shape index (κ3) is 4.08. The van der Waals surface area contributed by atoms with Crippen LogP contribution in [0.2, 0.25) is 0 Å². The highest BCUT2D eigenvalue weighted by Gasteiger charge is 2.06. The number of nitrogens with zero attached hydrogens (tertiary/aromatic N) is 2. The van der Waals surface area contributed by atoms with Crippen LogP contribution in [-0.2, 0) is 6.42 Å². The minimum absolute atomic E-state index is 0.146. The smallest absolute Gasteiger partial charge is 0.269 e. The van der Waals surface area contributed by atoms with E-state index in [2.05, 4.69) is 25.6 Å². The number of imidazole rings is 1. The maximum absolute atomic E-state index is 11.9. The molecule has 0 saturated heterocycles. The third-order valence-electron chi connectivity index (χ3n) is 2.81. The predicted molar refractivity (Wildman–Crippen MR) is 77.6 cm³/mol. The summed E-state index contributed by atoms with van der Waals surface area (Å²) in [6.45, 7) is 3.45. The van der Waals surface area contributed by atoms with Crippen molar-refractivity contribution in [1.29, 1.82) is 0 Å². The molecule has 6 nitrogen and oxygen atoms in total. The van der Waals surface area contributed by atoms with E-state index < -0.39 is 0 Å². The summed E-state index contributed by atoms with van der Waals surface area (Å²) in [5.74, 6) is 0.792. The number of carbonyl (C=O) groups excluding carboxylic acids is 1. The molecule has 0 fully saturated rings. The van der Waals surface area contributed by atoms with Crippen LogP contribution in [0.3, 0.4) is 0 Å². The fourth-order valence-corrected chi connectivity index (χ4v) is 1.82. The largest absolute Gasteiger partial charge is 0.384 e. The molecule has 0 spiro atoms. The number of nitrogens with one attached hydrogen (secondary N) is 3. The molecule has 2 aromatic heterocycles. The highest BCUT2D eigenvalue weighted by atomic mass is 16.1. The maximum atomic E-state index is 11.9. The van der Waals surface area contributed by atoms with Crippen LogP contribution >= 0.6 is 0 Å². The molecule has 106 valence electrons. The lowest BCUT2D eigenvalue weighted by molar-refractivity contribution is 0.0948. The molecule has 3 N–H and O–H groups in total. The third-order valence-corrected chi connectivity index (χ3v) is 2.81. The van der Waals surface area contributed by atoms with Crippen molar-refractivity contribution in [3.63, 3.8) is 0 Å². The second kappa shape index (κ2) is 7.28. The molecular formula is C14H19N5O. The molecule has 0 atom stereocenters. The van der Waals surface area contributed by atoms with Gasteiger partial charge in [-0.3, -0.25) is 4.79 Å². The van der Waals surface area contributed by atoms with Crippen molar-refractivity contribution in [2.24, 2.45) is 0 Å². The lowest BCUT2D eigenvalue weighted by Gasteiger charge is -2.05. The van der Waals surface area contributed by atoms with Gasteiger partial charge in [-0.05, 0) is 25.5 Å². The normalized spacial score (nSPS) is 10.2. The molecular weight excluding hydrogens is 254 g/mol. The quantitative estimate of drug-likeness (QED) is 0.669. The number of aromatic nitrogens is 3. The highest BCUT2D eigenvalue weighted by Crippen LogP contribution is 2.05. The number of hydrogen-bond acceptors (Lipinski definition) is 4. The molecule has 1 amide bonds. The van der Waals surface area contributed by atoms with E-state index in [0.29, 0.717) is 12.2 Å². The summed E-state index contributed by atoms with van der Waals surface area (Å²) in [4.78, 5) is 23.2. The number of rotatable bonds is 7. The molecule has 0 unspecified atom stereocenters. The van der Waals surface area contributed by atoms with Gasteiger partial charge in [-0.1, -0.05) is 0 Å². The van der Waals surface area contributed by atoms with E-state index in [1.165, 1.54) is 0 Å². The van der Waals surface area contributed by atoms with Gasteiger partial charge in [0.05, 0.1) is 11.9 Å². The summed E-state index contributed by atoms with van der Waals surface area (Å²) >= 11 is 0. The highest BCUT2D eigenvalue weighted by molar-refractivity contribution is 5.92. The fraction of sp³-hybridized carbons (Fsp3) is 0.357. The van der Waals surface area contributed by atoms with E-state index in [0.717, 1.165) is 30.9 Å². The van der Waals surface area contributed by atoms with Gasteiger partial charge in [-0.25, -0.2) is 9.97 Å². The Kier molecular flexibility index (Phi) is 5.11. The average molecular weight is 273 g/mol. The van der Waals surface area contributed by atoms with Gasteiger partial charge in [-0.2, -0.15) is 0 Å². The molecule has 0 aliphatic rings. The number of aromatic amines is 1. The zero-order valence-electron chi connectivity index (χ0n) is 11.5. The van der Waals surface area contributed by atoms with E-state index in [9.17, 15) is 4.79 Å². The van der Waals surface area contributed by atoms with Gasteiger partial charge >= 0.3 is 0 Å². The number of aryl methyl sites for hydroxylation is 1. The summed E-state index contributed by atoms with van der Waals surface area (Å²) in [5, 5.41) is 5.99. The van der Waals surface area contributed by atoms with Crippen molar-refractivity contribution >= 4 is 11.6 Å². The minimum Gasteiger partial charge on any atom is -0.384 e. The lowest BCUT2D eigenvalue weighted by atomic mass is 10.2. The molecule has 20 heavy (non-hydrogen) atoms. The first-order valence-corrected chi connectivity index (χ1v) is 6.76. The first-order valence-electron chi connectivity index (χ1n) is 6.76. The first kappa shape index (κ1) is 14.0. The van der Waals surface area contributed by atoms with Crippen molar-refractivity contribution in [1.82, 2.24) is 20.3 Å². The average Bonchev–Trinajstić information content (AvgIpc) is 2.98. The van der Waals surface area contributed by atoms with Gasteiger partial charge in [-0.15, -0.1) is 0 Å². The van der Waals surface area contributed by atoms with Crippen molar-refractivity contribution < 1.29 is 4.79 Å². The summed E-state index contributed by atoms with van der Waals surface area (Å²) in [6.07, 6.45) is 6.85. The van der Waals surface area contributed by atoms with Crippen LogP contribution in [0.4, 0.5) is 5.69 Å². The molecule has 0 saturated carbocycles. The molecule has 6 heteroatoms. The van der Waals surface area contributed by atoms with Crippen molar-refractivity contribution in [2.75, 3.05) is 18.4 Å². The van der Waals surface area contributed by atoms with Crippen LogP contribution in [0, 0.1) is 0 Å². The zero-order valence-corrected chi connectivity index (χ0v) is 11.5. The van der Waals surface area contributed by atoms with Crippen LogP contribution in [0.25, 0.3) is 0 Å². The number of carbonyl (C=O) groups is 1. The number of anilines is 1. The SMILES string of the molecule is CCNc1ccc(C(=O)NCCCc2ncc[nH]2)nc1. The number of H-pyrrole nitrogens is 1. The van der Waals surface area contributed by atoms with Crippen molar-refractivity contribution in [3.05, 3.63) is 42.2 Å². The molecule has 0 aromatic carbocycles. The topological polar surface area (TPSA) is 82.7 Å². The predicted octanol–water partition coefficient (Wildman–Crippen LogP) is 1.60. The number of amides is 1. The Morgan fingerprint density at radius 3 is 2.90 bits per heavy atom. The van der Waals surface area contributed by atoms with Crippen LogP contribution in [0.1, 0.15) is 29.7 Å². The molecule has 0 aliphatic carbocycles.